The predicted octanol–water partition coefficient (Wildman–Crippen LogP) is 1.81. The molecule has 1 aliphatic heterocycles. The second-order valence-corrected chi connectivity index (χ2v) is 6.72. The van der Waals surface area contributed by atoms with Crippen LogP contribution < -0.4 is 0 Å². The number of hydrogen-bond donors (Lipinski definition) is 1. The molecule has 23 heavy (non-hydrogen) atoms. The van der Waals surface area contributed by atoms with E-state index in [0.717, 1.165) is 50.3 Å². The third kappa shape index (κ3) is 3.03. The maximum atomic E-state index is 10.4. The van der Waals surface area contributed by atoms with Gasteiger partial charge in [0.05, 0.1) is 17.9 Å². The number of hydrogen-bond acceptors (Lipinski definition) is 6. The van der Waals surface area contributed by atoms with E-state index in [2.05, 4.69) is 30.9 Å². The van der Waals surface area contributed by atoms with Crippen LogP contribution in [0, 0.1) is 12.8 Å². The van der Waals surface area contributed by atoms with Gasteiger partial charge in [0.1, 0.15) is 6.10 Å². The first-order chi connectivity index (χ1) is 11.2. The van der Waals surface area contributed by atoms with Crippen molar-refractivity contribution >= 4 is 0 Å². The lowest BCUT2D eigenvalue weighted by molar-refractivity contribution is 0.0580. The van der Waals surface area contributed by atoms with Gasteiger partial charge in [-0.2, -0.15) is 10.1 Å². The lowest BCUT2D eigenvalue weighted by Gasteiger charge is -2.29. The summed E-state index contributed by atoms with van der Waals surface area (Å²) >= 11 is 0. The highest BCUT2D eigenvalue weighted by atomic mass is 16.5. The largest absolute Gasteiger partial charge is 0.386 e. The van der Waals surface area contributed by atoms with Crippen LogP contribution in [0.5, 0.6) is 0 Å². The molecule has 1 saturated carbocycles. The van der Waals surface area contributed by atoms with E-state index in [1.165, 1.54) is 6.42 Å². The first kappa shape index (κ1) is 14.8. The zero-order chi connectivity index (χ0) is 15.8. The lowest BCUT2D eigenvalue weighted by atomic mass is 9.80. The Morgan fingerprint density at radius 3 is 2.91 bits per heavy atom. The number of rotatable bonds is 4. The smallest absolute Gasteiger partial charge is 0.240 e. The third-order valence-electron chi connectivity index (χ3n) is 4.94. The Labute approximate surface area is 135 Å². The second kappa shape index (κ2) is 6.05. The van der Waals surface area contributed by atoms with Crippen LogP contribution in [0.25, 0.3) is 0 Å². The van der Waals surface area contributed by atoms with E-state index in [0.29, 0.717) is 24.2 Å². The summed E-state index contributed by atoms with van der Waals surface area (Å²) in [5, 5.41) is 18.9. The predicted molar refractivity (Wildman–Crippen MR) is 82.3 cm³/mol. The van der Waals surface area contributed by atoms with Crippen molar-refractivity contribution in [3.8, 4) is 0 Å². The van der Waals surface area contributed by atoms with Crippen LogP contribution in [0.2, 0.25) is 0 Å². The zero-order valence-electron chi connectivity index (χ0n) is 13.5. The molecule has 0 aromatic carbocycles. The van der Waals surface area contributed by atoms with E-state index < -0.39 is 6.10 Å². The Morgan fingerprint density at radius 2 is 2.22 bits per heavy atom. The van der Waals surface area contributed by atoms with E-state index in [9.17, 15) is 5.11 Å². The normalized spacial score (nSPS) is 20.8. The monoisotopic (exact) mass is 317 g/mol. The zero-order valence-corrected chi connectivity index (χ0v) is 13.5. The summed E-state index contributed by atoms with van der Waals surface area (Å²) in [5.74, 6) is 1.72. The van der Waals surface area contributed by atoms with Gasteiger partial charge in [-0.25, -0.2) is 0 Å². The van der Waals surface area contributed by atoms with Crippen molar-refractivity contribution in [3.05, 3.63) is 29.2 Å². The van der Waals surface area contributed by atoms with Crippen LogP contribution in [-0.4, -0.2) is 36.5 Å². The minimum atomic E-state index is -0.407. The summed E-state index contributed by atoms with van der Waals surface area (Å²) in [4.78, 5) is 6.58. The van der Waals surface area contributed by atoms with Gasteiger partial charge in [-0.05, 0) is 38.2 Å². The van der Waals surface area contributed by atoms with E-state index in [-0.39, 0.29) is 0 Å². The minimum absolute atomic E-state index is 0.395. The van der Waals surface area contributed by atoms with E-state index >= 15 is 0 Å². The molecule has 1 N–H and O–H groups in total. The van der Waals surface area contributed by atoms with Gasteiger partial charge in [-0.1, -0.05) is 11.6 Å². The third-order valence-corrected chi connectivity index (χ3v) is 4.94. The molecule has 7 nitrogen and oxygen atoms in total. The van der Waals surface area contributed by atoms with Crippen molar-refractivity contribution in [2.75, 3.05) is 6.54 Å². The molecule has 1 atom stereocenters. The molecule has 124 valence electrons. The van der Waals surface area contributed by atoms with E-state index in [4.69, 9.17) is 4.52 Å². The molecule has 7 heteroatoms. The molecule has 0 amide bonds. The summed E-state index contributed by atoms with van der Waals surface area (Å²) < 4.78 is 7.28. The Hall–Kier alpha value is -1.73. The maximum absolute atomic E-state index is 10.4. The Morgan fingerprint density at radius 1 is 1.35 bits per heavy atom. The van der Waals surface area contributed by atoms with Gasteiger partial charge in [0, 0.05) is 19.6 Å². The van der Waals surface area contributed by atoms with Crippen LogP contribution >= 0.6 is 0 Å². The van der Waals surface area contributed by atoms with Gasteiger partial charge < -0.3 is 9.63 Å². The highest BCUT2D eigenvalue weighted by molar-refractivity contribution is 5.15. The molecular formula is C16H23N5O2. The van der Waals surface area contributed by atoms with Gasteiger partial charge >= 0.3 is 0 Å². The Kier molecular flexibility index (Phi) is 3.90. The minimum Gasteiger partial charge on any atom is -0.386 e. The quantitative estimate of drug-likeness (QED) is 0.926. The first-order valence-electron chi connectivity index (χ1n) is 8.45. The van der Waals surface area contributed by atoms with Crippen molar-refractivity contribution in [2.24, 2.45) is 5.92 Å². The summed E-state index contributed by atoms with van der Waals surface area (Å²) in [6.45, 7) is 5.16. The SMILES string of the molecule is Cc1noc(CN2CCCn3nc([C@@H](O)C4CCC4)cc3C2)n1. The fraction of sp³-hybridized carbons (Fsp3) is 0.688. The molecule has 3 heterocycles. The van der Waals surface area contributed by atoms with Crippen molar-refractivity contribution in [1.82, 2.24) is 24.8 Å². The standard InChI is InChI=1S/C16H23N5O2/c1-11-17-15(23-19-11)10-20-6-3-7-21-13(9-20)8-14(18-21)16(22)12-4-2-5-12/h8,12,16,22H,2-7,9-10H2,1H3/t16-/m0/s1. The molecule has 2 aromatic heterocycles. The number of aromatic nitrogens is 4. The van der Waals surface area contributed by atoms with Crippen molar-refractivity contribution in [3.63, 3.8) is 0 Å². The van der Waals surface area contributed by atoms with Crippen molar-refractivity contribution in [1.29, 1.82) is 0 Å². The number of aryl methyl sites for hydroxylation is 2. The van der Waals surface area contributed by atoms with Crippen LogP contribution in [0.4, 0.5) is 0 Å². The van der Waals surface area contributed by atoms with Gasteiger partial charge in [-0.15, -0.1) is 0 Å². The highest BCUT2D eigenvalue weighted by Crippen LogP contribution is 2.37. The number of fused-ring (bicyclic) bond motifs is 1. The van der Waals surface area contributed by atoms with Crippen molar-refractivity contribution in [2.45, 2.75) is 58.3 Å². The first-order valence-corrected chi connectivity index (χ1v) is 8.45. The summed E-state index contributed by atoms with van der Waals surface area (Å²) in [7, 11) is 0. The molecule has 4 rings (SSSR count). The summed E-state index contributed by atoms with van der Waals surface area (Å²) in [5.41, 5.74) is 1.99. The maximum Gasteiger partial charge on any atom is 0.240 e. The topological polar surface area (TPSA) is 80.2 Å². The second-order valence-electron chi connectivity index (χ2n) is 6.72. The van der Waals surface area contributed by atoms with Gasteiger partial charge in [0.25, 0.3) is 0 Å². The number of aliphatic hydroxyl groups is 1. The highest BCUT2D eigenvalue weighted by Gasteiger charge is 2.29. The molecule has 0 unspecified atom stereocenters. The molecule has 0 spiro atoms. The van der Waals surface area contributed by atoms with Crippen LogP contribution in [0.1, 0.15) is 54.9 Å². The van der Waals surface area contributed by atoms with Gasteiger partial charge in [0.15, 0.2) is 5.82 Å². The molecule has 0 saturated heterocycles. The summed E-state index contributed by atoms with van der Waals surface area (Å²) in [6, 6.07) is 2.07. The molecule has 0 radical (unpaired) electrons. The lowest BCUT2D eigenvalue weighted by Crippen LogP contribution is -2.23. The Balaban J connectivity index is 1.48. The molecule has 2 aliphatic rings. The molecule has 1 aliphatic carbocycles. The number of aliphatic hydroxyl groups excluding tert-OH is 1. The molecule has 2 aromatic rings. The fourth-order valence-electron chi connectivity index (χ4n) is 3.42. The van der Waals surface area contributed by atoms with Crippen LogP contribution in [0.3, 0.4) is 0 Å². The molecule has 1 fully saturated rings. The molecular weight excluding hydrogens is 294 g/mol. The average Bonchev–Trinajstić information content (AvgIpc) is 2.99. The van der Waals surface area contributed by atoms with Gasteiger partial charge in [-0.3, -0.25) is 9.58 Å². The van der Waals surface area contributed by atoms with Crippen LogP contribution in [-0.2, 0) is 19.6 Å². The number of nitrogens with zero attached hydrogens (tertiary/aromatic N) is 5. The van der Waals surface area contributed by atoms with Crippen LogP contribution in [0.15, 0.2) is 10.6 Å². The fourth-order valence-corrected chi connectivity index (χ4v) is 3.42. The summed E-state index contributed by atoms with van der Waals surface area (Å²) in [6.07, 6.45) is 4.08. The average molecular weight is 317 g/mol. The van der Waals surface area contributed by atoms with Crippen molar-refractivity contribution < 1.29 is 9.63 Å². The van der Waals surface area contributed by atoms with Gasteiger partial charge in [0.2, 0.25) is 5.89 Å². The Bertz CT molecular complexity index is 676. The van der Waals surface area contributed by atoms with E-state index in [1.54, 1.807) is 0 Å². The molecule has 0 bridgehead atoms. The van der Waals surface area contributed by atoms with E-state index in [1.807, 2.05) is 6.92 Å².